The van der Waals surface area contributed by atoms with E-state index in [-0.39, 0.29) is 5.54 Å². The predicted octanol–water partition coefficient (Wildman–Crippen LogP) is 5.11. The minimum Gasteiger partial charge on any atom is -0.383 e. The van der Waals surface area contributed by atoms with E-state index >= 15 is 0 Å². The highest BCUT2D eigenvalue weighted by molar-refractivity contribution is 6.30. The lowest BCUT2D eigenvalue weighted by molar-refractivity contribution is 0.249. The van der Waals surface area contributed by atoms with Crippen molar-refractivity contribution in [1.82, 2.24) is 24.6 Å². The average Bonchev–Trinajstić information content (AvgIpc) is 3.17. The van der Waals surface area contributed by atoms with Crippen LogP contribution >= 0.6 is 11.6 Å². The second kappa shape index (κ2) is 9.13. The first kappa shape index (κ1) is 23.6. The highest BCUT2D eigenvalue weighted by Gasteiger charge is 2.26. The van der Waals surface area contributed by atoms with Crippen LogP contribution in [0.1, 0.15) is 31.9 Å². The molecule has 1 saturated heterocycles. The quantitative estimate of drug-likeness (QED) is 0.429. The number of nitrogens with zero attached hydrogens (tertiary/aromatic N) is 6. The Labute approximate surface area is 211 Å². The van der Waals surface area contributed by atoms with Crippen molar-refractivity contribution in [2.75, 3.05) is 36.8 Å². The zero-order valence-corrected chi connectivity index (χ0v) is 21.5. The Bertz CT molecular complexity index is 1350. The molecule has 1 aliphatic heterocycles. The summed E-state index contributed by atoms with van der Waals surface area (Å²) in [5.74, 6) is 1.31. The molecule has 0 radical (unpaired) electrons. The van der Waals surface area contributed by atoms with Gasteiger partial charge < -0.3 is 10.6 Å². The molecule has 3 heterocycles. The van der Waals surface area contributed by atoms with Crippen LogP contribution in [0, 0.1) is 6.92 Å². The van der Waals surface area contributed by atoms with E-state index in [1.807, 2.05) is 16.8 Å². The third kappa shape index (κ3) is 4.83. The largest absolute Gasteiger partial charge is 0.383 e. The van der Waals surface area contributed by atoms with Crippen LogP contribution in [0.4, 0.5) is 11.8 Å². The number of rotatable bonds is 4. The molecule has 1 aliphatic rings. The van der Waals surface area contributed by atoms with Crippen LogP contribution in [-0.4, -0.2) is 50.8 Å². The van der Waals surface area contributed by atoms with Gasteiger partial charge in [0, 0.05) is 43.3 Å². The van der Waals surface area contributed by atoms with Gasteiger partial charge in [-0.25, -0.2) is 9.67 Å². The molecule has 7 nitrogen and oxygen atoms in total. The first-order valence-corrected chi connectivity index (χ1v) is 12.4. The third-order valence-corrected chi connectivity index (χ3v) is 6.71. The zero-order chi connectivity index (χ0) is 24.7. The van der Waals surface area contributed by atoms with Crippen LogP contribution < -0.4 is 10.6 Å². The Balaban J connectivity index is 1.47. The van der Waals surface area contributed by atoms with Gasteiger partial charge in [-0.05, 0) is 51.5 Å². The van der Waals surface area contributed by atoms with Crippen molar-refractivity contribution in [2.45, 2.75) is 39.8 Å². The van der Waals surface area contributed by atoms with Crippen molar-refractivity contribution in [2.24, 2.45) is 0 Å². The Morgan fingerprint density at radius 1 is 0.971 bits per heavy atom. The van der Waals surface area contributed by atoms with Crippen molar-refractivity contribution in [3.05, 3.63) is 64.7 Å². The van der Waals surface area contributed by atoms with Gasteiger partial charge in [0.2, 0.25) is 5.95 Å². The second-order valence-corrected chi connectivity index (χ2v) is 10.7. The molecule has 8 heteroatoms. The number of benzene rings is 2. The number of anilines is 2. The van der Waals surface area contributed by atoms with Gasteiger partial charge in [0.25, 0.3) is 0 Å². The van der Waals surface area contributed by atoms with Crippen LogP contribution in [0.5, 0.6) is 0 Å². The van der Waals surface area contributed by atoms with E-state index < -0.39 is 0 Å². The number of nitrogens with two attached hydrogens (primary N) is 1. The van der Waals surface area contributed by atoms with Crippen LogP contribution in [-0.2, 0) is 12.1 Å². The van der Waals surface area contributed by atoms with Gasteiger partial charge in [0.1, 0.15) is 5.82 Å². The summed E-state index contributed by atoms with van der Waals surface area (Å²) in [4.78, 5) is 14.7. The summed E-state index contributed by atoms with van der Waals surface area (Å²) in [6.07, 6.45) is 0. The summed E-state index contributed by atoms with van der Waals surface area (Å²) >= 11 is 6.04. The van der Waals surface area contributed by atoms with Crippen molar-refractivity contribution in [3.63, 3.8) is 0 Å². The summed E-state index contributed by atoms with van der Waals surface area (Å²) in [6.45, 7) is 12.8. The molecule has 0 bridgehead atoms. The summed E-state index contributed by atoms with van der Waals surface area (Å²) < 4.78 is 1.86. The van der Waals surface area contributed by atoms with Crippen LogP contribution in [0.2, 0.25) is 5.02 Å². The number of nitrogen functional groups attached to an aromatic ring is 1. The number of hydrogen-bond acceptors (Lipinski definition) is 6. The first-order valence-electron chi connectivity index (χ1n) is 12.0. The standard InChI is InChI=1S/C27H32ClN7/c1-18-6-5-7-20(16-18)23-22-24(29)35(27(2,3)4)32-25(22)31-26(30-23)34-14-12-33(13-15-34)17-19-8-10-21(28)11-9-19/h5-11,16H,12-15,17,29H2,1-4H3. The fraction of sp³-hybridized carbons (Fsp3) is 0.370. The van der Waals surface area contributed by atoms with E-state index in [2.05, 4.69) is 73.9 Å². The number of piperazine rings is 1. The molecule has 4 aromatic rings. The van der Waals surface area contributed by atoms with Gasteiger partial charge in [0.05, 0.1) is 16.6 Å². The molecule has 2 aromatic carbocycles. The van der Waals surface area contributed by atoms with E-state index in [0.717, 1.165) is 54.4 Å². The number of aryl methyl sites for hydroxylation is 1. The molecular formula is C27H32ClN7. The monoisotopic (exact) mass is 489 g/mol. The molecule has 2 N–H and O–H groups in total. The maximum Gasteiger partial charge on any atom is 0.228 e. The molecule has 182 valence electrons. The Morgan fingerprint density at radius 2 is 1.69 bits per heavy atom. The molecule has 0 atom stereocenters. The minimum absolute atomic E-state index is 0.262. The van der Waals surface area contributed by atoms with Gasteiger partial charge in [0.15, 0.2) is 5.65 Å². The van der Waals surface area contributed by atoms with Crippen molar-refractivity contribution < 1.29 is 0 Å². The average molecular weight is 490 g/mol. The summed E-state index contributed by atoms with van der Waals surface area (Å²) in [7, 11) is 0. The first-order chi connectivity index (χ1) is 16.7. The SMILES string of the molecule is Cc1cccc(-c2nc(N3CCN(Cc4ccc(Cl)cc4)CC3)nc3nn(C(C)(C)C)c(N)c23)c1. The maximum atomic E-state index is 6.62. The Morgan fingerprint density at radius 3 is 2.34 bits per heavy atom. The smallest absolute Gasteiger partial charge is 0.228 e. The third-order valence-electron chi connectivity index (χ3n) is 6.46. The molecule has 0 amide bonds. The van der Waals surface area contributed by atoms with Crippen molar-refractivity contribution in [3.8, 4) is 11.3 Å². The number of hydrogen-bond donors (Lipinski definition) is 1. The highest BCUT2D eigenvalue weighted by atomic mass is 35.5. The molecular weight excluding hydrogens is 458 g/mol. The molecule has 1 fully saturated rings. The van der Waals surface area contributed by atoms with Crippen LogP contribution in [0.25, 0.3) is 22.3 Å². The van der Waals surface area contributed by atoms with E-state index in [0.29, 0.717) is 17.4 Å². The Kier molecular flexibility index (Phi) is 6.15. The summed E-state index contributed by atoms with van der Waals surface area (Å²) in [6, 6.07) is 16.4. The van der Waals surface area contributed by atoms with Gasteiger partial charge in [-0.2, -0.15) is 4.98 Å². The van der Waals surface area contributed by atoms with Gasteiger partial charge in [-0.1, -0.05) is 47.5 Å². The van der Waals surface area contributed by atoms with E-state index in [4.69, 9.17) is 32.4 Å². The van der Waals surface area contributed by atoms with Crippen LogP contribution in [0.3, 0.4) is 0 Å². The van der Waals surface area contributed by atoms with E-state index in [9.17, 15) is 0 Å². The minimum atomic E-state index is -0.262. The fourth-order valence-corrected chi connectivity index (χ4v) is 4.73. The molecule has 5 rings (SSSR count). The van der Waals surface area contributed by atoms with Crippen LogP contribution in [0.15, 0.2) is 48.5 Å². The van der Waals surface area contributed by atoms with Gasteiger partial charge >= 0.3 is 0 Å². The fourth-order valence-electron chi connectivity index (χ4n) is 4.61. The summed E-state index contributed by atoms with van der Waals surface area (Å²) in [5.41, 5.74) is 11.3. The number of halogens is 1. The molecule has 2 aromatic heterocycles. The van der Waals surface area contributed by atoms with Crippen molar-refractivity contribution >= 4 is 34.4 Å². The molecule has 0 aliphatic carbocycles. The normalized spacial score (nSPS) is 15.2. The van der Waals surface area contributed by atoms with Gasteiger partial charge in [-0.15, -0.1) is 5.10 Å². The molecule has 35 heavy (non-hydrogen) atoms. The molecule has 0 spiro atoms. The van der Waals surface area contributed by atoms with E-state index in [1.165, 1.54) is 11.1 Å². The summed E-state index contributed by atoms with van der Waals surface area (Å²) in [5, 5.41) is 6.40. The Hall–Kier alpha value is -3.16. The van der Waals surface area contributed by atoms with E-state index in [1.54, 1.807) is 0 Å². The maximum absolute atomic E-state index is 6.62. The topological polar surface area (TPSA) is 76.1 Å². The highest BCUT2D eigenvalue weighted by Crippen LogP contribution is 2.35. The zero-order valence-electron chi connectivity index (χ0n) is 20.8. The lowest BCUT2D eigenvalue weighted by Gasteiger charge is -2.34. The predicted molar refractivity (Wildman–Crippen MR) is 144 cm³/mol. The second-order valence-electron chi connectivity index (χ2n) is 10.3. The lowest BCUT2D eigenvalue weighted by atomic mass is 10.1. The molecule has 0 unspecified atom stereocenters. The molecule has 0 saturated carbocycles. The van der Waals surface area contributed by atoms with Crippen molar-refractivity contribution in [1.29, 1.82) is 0 Å². The number of fused-ring (bicyclic) bond motifs is 1. The van der Waals surface area contributed by atoms with Gasteiger partial charge in [-0.3, -0.25) is 4.90 Å². The number of aromatic nitrogens is 4. The lowest BCUT2D eigenvalue weighted by Crippen LogP contribution is -2.46.